The molecule has 17 nitrogen and oxygen atoms in total. The first kappa shape index (κ1) is 32.1. The molecule has 1 aromatic rings. The van der Waals surface area contributed by atoms with E-state index in [1.165, 1.54) is 24.3 Å². The monoisotopic (exact) mass is 595 g/mol. The Morgan fingerprint density at radius 1 is 0.537 bits per heavy atom. The Hall–Kier alpha value is -1.78. The van der Waals surface area contributed by atoms with Crippen LogP contribution in [-0.4, -0.2) is 163 Å². The smallest absolute Gasteiger partial charge is 0.229 e. The van der Waals surface area contributed by atoms with Gasteiger partial charge in [0, 0.05) is 5.69 Å². The molecule has 3 fully saturated rings. The highest BCUT2D eigenvalue weighted by molar-refractivity contribution is 5.41. The fourth-order valence-corrected chi connectivity index (χ4v) is 4.78. The molecular formula is C24H37NO16. The number of rotatable bonds is 9. The average Bonchev–Trinajstić information content (AvgIpc) is 2.97. The van der Waals surface area contributed by atoms with E-state index in [2.05, 4.69) is 0 Å². The molecule has 0 amide bonds. The van der Waals surface area contributed by atoms with Crippen molar-refractivity contribution in [1.29, 1.82) is 0 Å². The molecule has 1 aromatic carbocycles. The molecule has 0 aromatic heterocycles. The van der Waals surface area contributed by atoms with Gasteiger partial charge in [-0.05, 0) is 24.3 Å². The summed E-state index contributed by atoms with van der Waals surface area (Å²) in [6.07, 6.45) is -25.1. The molecule has 15 atom stereocenters. The minimum Gasteiger partial charge on any atom is -0.462 e. The summed E-state index contributed by atoms with van der Waals surface area (Å²) in [4.78, 5) is 0. The van der Waals surface area contributed by atoms with Gasteiger partial charge in [0.2, 0.25) is 6.29 Å². The van der Waals surface area contributed by atoms with Crippen LogP contribution in [0, 0.1) is 0 Å². The number of aliphatic hydroxyl groups is 10. The van der Waals surface area contributed by atoms with Gasteiger partial charge in [-0.1, -0.05) is 0 Å². The Labute approximate surface area is 233 Å². The molecule has 9 unspecified atom stereocenters. The molecule has 3 aliphatic rings. The van der Waals surface area contributed by atoms with Gasteiger partial charge in [-0.3, -0.25) is 0 Å². The lowest BCUT2D eigenvalue weighted by atomic mass is 9.96. The second kappa shape index (κ2) is 13.7. The lowest BCUT2D eigenvalue weighted by molar-refractivity contribution is -0.389. The molecule has 41 heavy (non-hydrogen) atoms. The maximum Gasteiger partial charge on any atom is 0.229 e. The largest absolute Gasteiger partial charge is 0.462 e. The van der Waals surface area contributed by atoms with Crippen LogP contribution in [0.4, 0.5) is 5.69 Å². The molecular weight excluding hydrogens is 558 g/mol. The van der Waals surface area contributed by atoms with Crippen LogP contribution >= 0.6 is 0 Å². The molecule has 17 heteroatoms. The van der Waals surface area contributed by atoms with Crippen molar-refractivity contribution in [2.24, 2.45) is 0 Å². The van der Waals surface area contributed by atoms with Crippen molar-refractivity contribution in [2.75, 3.05) is 25.6 Å². The number of hydrogen-bond acceptors (Lipinski definition) is 17. The van der Waals surface area contributed by atoms with Gasteiger partial charge in [-0.15, -0.1) is 0 Å². The highest BCUT2D eigenvalue weighted by atomic mass is 16.8. The topological polar surface area (TPSA) is 284 Å². The Morgan fingerprint density at radius 3 is 1.46 bits per heavy atom. The third-order valence-electron chi connectivity index (χ3n) is 7.21. The molecule has 0 radical (unpaired) electrons. The number of hydrogen-bond donors (Lipinski definition) is 11. The second-order valence-corrected chi connectivity index (χ2v) is 10.00. The zero-order chi connectivity index (χ0) is 30.0. The normalized spacial score (nSPS) is 45.4. The lowest BCUT2D eigenvalue weighted by Crippen LogP contribution is -2.67. The summed E-state index contributed by atoms with van der Waals surface area (Å²) in [5.74, 6) is 0.195. The van der Waals surface area contributed by atoms with Crippen LogP contribution in [0.15, 0.2) is 24.3 Å². The quantitative estimate of drug-likeness (QED) is 0.118. The van der Waals surface area contributed by atoms with Crippen LogP contribution < -0.4 is 10.5 Å². The number of ether oxygens (including phenoxy) is 6. The zero-order valence-electron chi connectivity index (χ0n) is 21.6. The van der Waals surface area contributed by atoms with Crippen LogP contribution in [0.1, 0.15) is 0 Å². The van der Waals surface area contributed by atoms with Gasteiger partial charge in [0.05, 0.1) is 19.8 Å². The molecule has 3 aliphatic heterocycles. The maximum atomic E-state index is 10.9. The molecule has 0 spiro atoms. The highest BCUT2D eigenvalue weighted by Crippen LogP contribution is 2.33. The zero-order valence-corrected chi connectivity index (χ0v) is 21.6. The molecule has 3 heterocycles. The Bertz CT molecular complexity index is 956. The first-order valence-electron chi connectivity index (χ1n) is 12.9. The fraction of sp³-hybridized carbons (Fsp3) is 0.750. The van der Waals surface area contributed by atoms with Gasteiger partial charge in [0.1, 0.15) is 72.9 Å². The van der Waals surface area contributed by atoms with Crippen LogP contribution in [0.3, 0.4) is 0 Å². The maximum absolute atomic E-state index is 10.9. The minimum absolute atomic E-state index is 0.195. The van der Waals surface area contributed by atoms with Crippen molar-refractivity contribution < 1.29 is 79.5 Å². The predicted molar refractivity (Wildman–Crippen MR) is 131 cm³/mol. The first-order chi connectivity index (χ1) is 19.5. The molecule has 0 bridgehead atoms. The summed E-state index contributed by atoms with van der Waals surface area (Å²) in [6, 6.07) is 5.98. The van der Waals surface area contributed by atoms with E-state index in [0.717, 1.165) is 0 Å². The average molecular weight is 596 g/mol. The van der Waals surface area contributed by atoms with Crippen LogP contribution in [0.5, 0.6) is 5.75 Å². The molecule has 0 aliphatic carbocycles. The van der Waals surface area contributed by atoms with Crippen molar-refractivity contribution in [3.05, 3.63) is 24.3 Å². The summed E-state index contributed by atoms with van der Waals surface area (Å²) in [5, 5.41) is 102. The minimum atomic E-state index is -1.90. The number of aliphatic hydroxyl groups excluding tert-OH is 10. The number of anilines is 1. The third-order valence-corrected chi connectivity index (χ3v) is 7.21. The van der Waals surface area contributed by atoms with Crippen molar-refractivity contribution >= 4 is 5.69 Å². The van der Waals surface area contributed by atoms with Gasteiger partial charge < -0.3 is 85.2 Å². The van der Waals surface area contributed by atoms with E-state index in [4.69, 9.17) is 34.2 Å². The van der Waals surface area contributed by atoms with Crippen molar-refractivity contribution in [3.63, 3.8) is 0 Å². The summed E-state index contributed by atoms with van der Waals surface area (Å²) in [7, 11) is 0. The van der Waals surface area contributed by atoms with E-state index in [0.29, 0.717) is 5.69 Å². The second-order valence-electron chi connectivity index (χ2n) is 10.00. The lowest BCUT2D eigenvalue weighted by Gasteiger charge is -2.48. The van der Waals surface area contributed by atoms with Gasteiger partial charge in [-0.2, -0.15) is 0 Å². The van der Waals surface area contributed by atoms with E-state index in [-0.39, 0.29) is 5.75 Å². The Kier molecular flexibility index (Phi) is 10.7. The van der Waals surface area contributed by atoms with E-state index >= 15 is 0 Å². The van der Waals surface area contributed by atoms with Crippen LogP contribution in [0.2, 0.25) is 0 Å². The van der Waals surface area contributed by atoms with Crippen molar-refractivity contribution in [3.8, 4) is 5.75 Å². The summed E-state index contributed by atoms with van der Waals surface area (Å²) >= 11 is 0. The van der Waals surface area contributed by atoms with Gasteiger partial charge in [-0.25, -0.2) is 0 Å². The number of benzene rings is 1. The van der Waals surface area contributed by atoms with Gasteiger partial charge >= 0.3 is 0 Å². The summed E-state index contributed by atoms with van der Waals surface area (Å²) in [5.41, 5.74) is 6.12. The van der Waals surface area contributed by atoms with Crippen molar-refractivity contribution in [1.82, 2.24) is 0 Å². The molecule has 3 saturated heterocycles. The molecule has 234 valence electrons. The highest BCUT2D eigenvalue weighted by Gasteiger charge is 2.54. The fourth-order valence-electron chi connectivity index (χ4n) is 4.78. The van der Waals surface area contributed by atoms with E-state index < -0.39 is 112 Å². The predicted octanol–water partition coefficient (Wildman–Crippen LogP) is -5.90. The first-order valence-corrected chi connectivity index (χ1v) is 12.9. The third kappa shape index (κ3) is 6.74. The van der Waals surface area contributed by atoms with Crippen LogP contribution in [-0.2, 0) is 23.7 Å². The standard InChI is InChI=1S/C24H37NO16/c25-8-1-3-9(4-2-8)36-23-20(17(33)14(30)11(6-27)38-23)41-24-21(18(34)15(31)12(7-28)39-24)40-22-19(35)16(32)13(29)10(5-26)37-22/h1-4,10-24,26-35H,5-7,25H2/t10?,11?,12?,13-,14-,15-,16?,17?,18?,19?,20?,21?,22-,23+,24-/m1/s1. The van der Waals surface area contributed by atoms with Gasteiger partial charge in [0.25, 0.3) is 0 Å². The van der Waals surface area contributed by atoms with Crippen molar-refractivity contribution in [2.45, 2.75) is 92.1 Å². The SMILES string of the molecule is Nc1ccc(O[C@H]2OC(CO)[C@@H](O)C(O)C2O[C@H]2OC(CO)[C@@H](O)C(O)C2O[C@H]2OC(CO)[C@@H](O)C(O)C2O)cc1. The molecule has 0 saturated carbocycles. The van der Waals surface area contributed by atoms with E-state index in [1.807, 2.05) is 0 Å². The van der Waals surface area contributed by atoms with E-state index in [9.17, 15) is 51.1 Å². The van der Waals surface area contributed by atoms with Crippen LogP contribution in [0.25, 0.3) is 0 Å². The Balaban J connectivity index is 1.61. The summed E-state index contributed by atoms with van der Waals surface area (Å²) in [6.45, 7) is -2.27. The molecule has 12 N–H and O–H groups in total. The molecule has 4 rings (SSSR count). The number of nitrogen functional groups attached to an aromatic ring is 1. The van der Waals surface area contributed by atoms with Gasteiger partial charge in [0.15, 0.2) is 18.7 Å². The number of nitrogens with two attached hydrogens (primary N) is 1. The van der Waals surface area contributed by atoms with E-state index in [1.54, 1.807) is 0 Å². The summed E-state index contributed by atoms with van der Waals surface area (Å²) < 4.78 is 33.8. The Morgan fingerprint density at radius 2 is 0.951 bits per heavy atom.